The zero-order valence-corrected chi connectivity index (χ0v) is 18.2. The topological polar surface area (TPSA) is 73.8 Å². The molecule has 160 valence electrons. The van der Waals surface area contributed by atoms with E-state index in [1.807, 2.05) is 11.5 Å². The van der Waals surface area contributed by atoms with Gasteiger partial charge in [-0.05, 0) is 61.5 Å². The van der Waals surface area contributed by atoms with E-state index in [4.69, 9.17) is 28.6 Å². The van der Waals surface area contributed by atoms with Crippen LogP contribution in [-0.2, 0) is 4.79 Å². The summed E-state index contributed by atoms with van der Waals surface area (Å²) in [5, 5.41) is 11.8. The van der Waals surface area contributed by atoms with Gasteiger partial charge in [0.15, 0.2) is 5.84 Å². The number of aryl methyl sites for hydroxylation is 1. The lowest BCUT2D eigenvalue weighted by atomic mass is 10.1. The number of hydrogen-bond donors (Lipinski definition) is 1. The monoisotopic (exact) mass is 485 g/mol. The number of amides is 1. The maximum absolute atomic E-state index is 13.0. The minimum absolute atomic E-state index is 0.168. The number of carbonyl (C=O) groups is 1. The molecule has 3 heterocycles. The van der Waals surface area contributed by atoms with E-state index in [9.17, 15) is 18.0 Å². The summed E-state index contributed by atoms with van der Waals surface area (Å²) in [4.78, 5) is 16.1. The second-order valence-corrected chi connectivity index (χ2v) is 8.48. The second-order valence-electron chi connectivity index (χ2n) is 6.68. The molecule has 1 aromatic carbocycles. The number of aromatic nitrogens is 1. The third kappa shape index (κ3) is 3.79. The molecule has 1 aromatic heterocycles. The van der Waals surface area contributed by atoms with Gasteiger partial charge in [-0.2, -0.15) is 28.3 Å². The Balaban J connectivity index is 1.76. The first-order valence-electron chi connectivity index (χ1n) is 8.69. The van der Waals surface area contributed by atoms with Gasteiger partial charge in [0.05, 0.1) is 16.3 Å². The highest BCUT2D eigenvalue weighted by molar-refractivity contribution is 8.27. The molecule has 2 aliphatic heterocycles. The lowest BCUT2D eigenvalue weighted by Gasteiger charge is -2.20. The molecule has 0 saturated carbocycles. The minimum atomic E-state index is -4.69. The number of fused-ring (bicyclic) bond motifs is 1. The Morgan fingerprint density at radius 3 is 2.55 bits per heavy atom. The van der Waals surface area contributed by atoms with Crippen LogP contribution >= 0.6 is 35.0 Å². The Labute approximate surface area is 188 Å². The number of hydrogen-bond acceptors (Lipinski definition) is 4. The summed E-state index contributed by atoms with van der Waals surface area (Å²) >= 11 is 12.5. The van der Waals surface area contributed by atoms with Crippen LogP contribution in [0.1, 0.15) is 17.0 Å². The van der Waals surface area contributed by atoms with Crippen molar-refractivity contribution in [3.8, 4) is 5.69 Å². The maximum atomic E-state index is 13.0. The number of carbonyl (C=O) groups excluding carboxylic acids is 1. The van der Waals surface area contributed by atoms with Crippen LogP contribution in [-0.4, -0.2) is 37.7 Å². The molecular weight excluding hydrogens is 474 g/mol. The van der Waals surface area contributed by atoms with Crippen LogP contribution < -0.4 is 0 Å². The summed E-state index contributed by atoms with van der Waals surface area (Å²) in [5.74, 6) is -1.28. The van der Waals surface area contributed by atoms with E-state index in [1.165, 1.54) is 6.08 Å². The molecule has 0 saturated heterocycles. The van der Waals surface area contributed by atoms with Crippen LogP contribution in [0, 0.1) is 19.3 Å². The Bertz CT molecular complexity index is 1250. The van der Waals surface area contributed by atoms with Gasteiger partial charge in [0, 0.05) is 16.4 Å². The van der Waals surface area contributed by atoms with Crippen LogP contribution in [0.25, 0.3) is 11.8 Å². The standard InChI is InChI=1S/C19H12Cl2F3N5OS/c1-8-5-10(9(2)28(8)14-4-3-11(20)7-13(14)21)6-12-15(25)29-18(26-16(12)30)31-17(27-29)19(22,23)24/h3-7,25H,1-2H3. The van der Waals surface area contributed by atoms with Crippen LogP contribution in [0.5, 0.6) is 0 Å². The second kappa shape index (κ2) is 7.54. The molecule has 0 bridgehead atoms. The highest BCUT2D eigenvalue weighted by Crippen LogP contribution is 2.36. The first kappa shape index (κ1) is 21.7. The Hall–Kier alpha value is -2.56. The summed E-state index contributed by atoms with van der Waals surface area (Å²) in [5.41, 5.74) is 2.59. The number of benzene rings is 1. The summed E-state index contributed by atoms with van der Waals surface area (Å²) in [6.45, 7) is 3.63. The number of rotatable bonds is 2. The van der Waals surface area contributed by atoms with Crippen molar-refractivity contribution in [2.75, 3.05) is 0 Å². The van der Waals surface area contributed by atoms with Gasteiger partial charge in [0.25, 0.3) is 5.91 Å². The van der Waals surface area contributed by atoms with Gasteiger partial charge >= 0.3 is 6.18 Å². The van der Waals surface area contributed by atoms with Crippen LogP contribution in [0.4, 0.5) is 13.2 Å². The summed E-state index contributed by atoms with van der Waals surface area (Å²) < 4.78 is 40.7. The molecule has 2 aliphatic rings. The van der Waals surface area contributed by atoms with Gasteiger partial charge in [-0.25, -0.2) is 0 Å². The molecule has 4 rings (SSSR count). The molecule has 12 heteroatoms. The van der Waals surface area contributed by atoms with Gasteiger partial charge < -0.3 is 4.57 Å². The fraction of sp³-hybridized carbons (Fsp3) is 0.158. The Morgan fingerprint density at radius 1 is 1.19 bits per heavy atom. The van der Waals surface area contributed by atoms with Crippen molar-refractivity contribution in [3.63, 3.8) is 0 Å². The number of nitrogens with one attached hydrogen (secondary N) is 1. The molecular formula is C19H12Cl2F3N5OS. The van der Waals surface area contributed by atoms with Gasteiger partial charge in [-0.1, -0.05) is 23.2 Å². The van der Waals surface area contributed by atoms with E-state index < -0.39 is 23.0 Å². The average Bonchev–Trinajstić information content (AvgIpc) is 3.21. The number of thioether (sulfide) groups is 1. The van der Waals surface area contributed by atoms with Gasteiger partial charge in [-0.3, -0.25) is 10.2 Å². The van der Waals surface area contributed by atoms with Crippen LogP contribution in [0.15, 0.2) is 39.9 Å². The SMILES string of the molecule is Cc1cc(C=C2C(=N)N3N=C(C(F)(F)F)SC3=NC2=O)c(C)n1-c1ccc(Cl)cc1Cl. The van der Waals surface area contributed by atoms with Gasteiger partial charge in [0.1, 0.15) is 0 Å². The number of aliphatic imine (C=N–C) groups is 1. The van der Waals surface area contributed by atoms with E-state index in [1.54, 1.807) is 31.2 Å². The highest BCUT2D eigenvalue weighted by atomic mass is 35.5. The molecule has 0 aliphatic carbocycles. The molecule has 0 atom stereocenters. The van der Waals surface area contributed by atoms with Crippen molar-refractivity contribution < 1.29 is 18.0 Å². The molecule has 6 nitrogen and oxygen atoms in total. The predicted molar refractivity (Wildman–Crippen MR) is 116 cm³/mol. The quantitative estimate of drug-likeness (QED) is 0.564. The van der Waals surface area contributed by atoms with E-state index in [0.29, 0.717) is 27.0 Å². The van der Waals surface area contributed by atoms with E-state index in [0.717, 1.165) is 10.7 Å². The van der Waals surface area contributed by atoms with Crippen molar-refractivity contribution in [3.05, 3.63) is 56.8 Å². The van der Waals surface area contributed by atoms with E-state index in [-0.39, 0.29) is 22.5 Å². The first-order chi connectivity index (χ1) is 14.5. The molecule has 0 fully saturated rings. The van der Waals surface area contributed by atoms with Crippen molar-refractivity contribution in [2.45, 2.75) is 20.0 Å². The summed E-state index contributed by atoms with van der Waals surface area (Å²) in [6.07, 6.45) is -3.28. The van der Waals surface area contributed by atoms with Crippen LogP contribution in [0.3, 0.4) is 0 Å². The third-order valence-corrected chi connectivity index (χ3v) is 6.11. The normalized spacial score (nSPS) is 17.9. The van der Waals surface area contributed by atoms with Crippen molar-refractivity contribution >= 4 is 63.0 Å². The van der Waals surface area contributed by atoms with Crippen molar-refractivity contribution in [1.82, 2.24) is 9.58 Å². The smallest absolute Gasteiger partial charge is 0.316 e. The first-order valence-corrected chi connectivity index (χ1v) is 10.3. The fourth-order valence-corrected chi connectivity index (χ4v) is 4.48. The fourth-order valence-electron chi connectivity index (χ4n) is 3.23. The molecule has 1 N–H and O–H groups in total. The van der Waals surface area contributed by atoms with E-state index >= 15 is 0 Å². The molecule has 31 heavy (non-hydrogen) atoms. The number of halogens is 5. The largest absolute Gasteiger partial charge is 0.441 e. The number of amidine groups is 2. The molecule has 0 unspecified atom stereocenters. The predicted octanol–water partition coefficient (Wildman–Crippen LogP) is 5.58. The third-order valence-electron chi connectivity index (χ3n) is 4.62. The molecule has 2 aromatic rings. The highest BCUT2D eigenvalue weighted by Gasteiger charge is 2.46. The molecule has 1 amide bonds. The zero-order valence-electron chi connectivity index (χ0n) is 15.9. The Kier molecular flexibility index (Phi) is 5.27. The summed E-state index contributed by atoms with van der Waals surface area (Å²) in [6, 6.07) is 6.82. The Morgan fingerprint density at radius 2 is 1.90 bits per heavy atom. The number of hydrazone groups is 1. The molecule has 0 spiro atoms. The zero-order chi connectivity index (χ0) is 22.7. The van der Waals surface area contributed by atoms with Crippen LogP contribution in [0.2, 0.25) is 10.0 Å². The summed E-state index contributed by atoms with van der Waals surface area (Å²) in [7, 11) is 0. The number of alkyl halides is 3. The lowest BCUT2D eigenvalue weighted by molar-refractivity contribution is -0.114. The number of nitrogens with zero attached hydrogens (tertiary/aromatic N) is 4. The van der Waals surface area contributed by atoms with E-state index in [2.05, 4.69) is 10.1 Å². The van der Waals surface area contributed by atoms with Gasteiger partial charge in [0.2, 0.25) is 10.2 Å². The van der Waals surface area contributed by atoms with Gasteiger partial charge in [-0.15, -0.1) is 0 Å². The average molecular weight is 486 g/mol. The molecule has 0 radical (unpaired) electrons. The minimum Gasteiger partial charge on any atom is -0.316 e. The van der Waals surface area contributed by atoms with Crippen molar-refractivity contribution in [2.24, 2.45) is 10.1 Å². The lowest BCUT2D eigenvalue weighted by Crippen LogP contribution is -2.35. The maximum Gasteiger partial charge on any atom is 0.441 e. The van der Waals surface area contributed by atoms with Crippen molar-refractivity contribution in [1.29, 1.82) is 5.41 Å².